The van der Waals surface area contributed by atoms with Crippen molar-refractivity contribution in [3.8, 4) is 0 Å². The van der Waals surface area contributed by atoms with E-state index in [1.807, 2.05) is 12.5 Å². The van der Waals surface area contributed by atoms with Crippen LogP contribution in [-0.4, -0.2) is 22.0 Å². The van der Waals surface area contributed by atoms with Crippen molar-refractivity contribution >= 4 is 5.91 Å². The van der Waals surface area contributed by atoms with E-state index in [0.29, 0.717) is 5.92 Å². The van der Waals surface area contributed by atoms with Gasteiger partial charge in [0.1, 0.15) is 0 Å². The van der Waals surface area contributed by atoms with Crippen LogP contribution >= 0.6 is 0 Å². The van der Waals surface area contributed by atoms with Gasteiger partial charge in [0, 0.05) is 31.4 Å². The van der Waals surface area contributed by atoms with Gasteiger partial charge in [-0.1, -0.05) is 12.8 Å². The summed E-state index contributed by atoms with van der Waals surface area (Å²) < 4.78 is 2.07. The summed E-state index contributed by atoms with van der Waals surface area (Å²) in [5, 5.41) is 3.04. The van der Waals surface area contributed by atoms with Crippen LogP contribution in [0.3, 0.4) is 0 Å². The number of carbonyl (C=O) groups is 1. The number of amides is 1. The maximum Gasteiger partial charge on any atom is 0.223 e. The normalized spacial score (nSPS) is 16.2. The van der Waals surface area contributed by atoms with Crippen molar-refractivity contribution in [1.29, 1.82) is 0 Å². The Labute approximate surface area is 102 Å². The molecule has 94 valence electrons. The van der Waals surface area contributed by atoms with Crippen molar-refractivity contribution in [2.24, 2.45) is 5.92 Å². The highest BCUT2D eigenvalue weighted by molar-refractivity contribution is 5.78. The molecule has 0 unspecified atom stereocenters. The first kappa shape index (κ1) is 12.1. The van der Waals surface area contributed by atoms with Crippen LogP contribution < -0.4 is 5.32 Å². The number of carbonyl (C=O) groups excluding carboxylic acids is 1. The molecule has 0 saturated heterocycles. The van der Waals surface area contributed by atoms with Crippen molar-refractivity contribution in [2.75, 3.05) is 6.54 Å². The molecule has 1 fully saturated rings. The highest BCUT2D eigenvalue weighted by Crippen LogP contribution is 2.24. The van der Waals surface area contributed by atoms with E-state index in [2.05, 4.69) is 14.9 Å². The minimum absolute atomic E-state index is 0.269. The molecule has 0 spiro atoms. The van der Waals surface area contributed by atoms with E-state index in [4.69, 9.17) is 0 Å². The van der Waals surface area contributed by atoms with Gasteiger partial charge in [-0.15, -0.1) is 0 Å². The van der Waals surface area contributed by atoms with Gasteiger partial charge in [0.05, 0.1) is 6.33 Å². The minimum Gasteiger partial charge on any atom is -0.356 e. The SMILES string of the molecule is O=C(NCCCCn1ccnc1)C1CCCC1. The first-order chi connectivity index (χ1) is 8.36. The Kier molecular flexibility index (Phi) is 4.59. The molecule has 0 aromatic carbocycles. The highest BCUT2D eigenvalue weighted by Gasteiger charge is 2.21. The predicted octanol–water partition coefficient (Wildman–Crippen LogP) is 1.97. The standard InChI is InChI=1S/C13H21N3O/c17-13(12-5-1-2-6-12)15-7-3-4-9-16-10-8-14-11-16/h8,10-12H,1-7,9H2,(H,15,17). The molecule has 0 radical (unpaired) electrons. The van der Waals surface area contributed by atoms with E-state index in [9.17, 15) is 4.79 Å². The van der Waals surface area contributed by atoms with E-state index < -0.39 is 0 Å². The number of unbranched alkanes of at least 4 members (excludes halogenated alkanes) is 1. The molecule has 1 N–H and O–H groups in total. The number of imidazole rings is 1. The van der Waals surface area contributed by atoms with Gasteiger partial charge in [0.25, 0.3) is 0 Å². The molecule has 0 atom stereocenters. The number of nitrogens with one attached hydrogen (secondary N) is 1. The number of nitrogens with zero attached hydrogens (tertiary/aromatic N) is 2. The number of aromatic nitrogens is 2. The Balaban J connectivity index is 1.52. The van der Waals surface area contributed by atoms with Crippen molar-refractivity contribution in [2.45, 2.75) is 45.1 Å². The maximum absolute atomic E-state index is 11.7. The molecule has 4 heteroatoms. The Morgan fingerprint density at radius 1 is 1.35 bits per heavy atom. The van der Waals surface area contributed by atoms with Gasteiger partial charge in [-0.2, -0.15) is 0 Å². The quantitative estimate of drug-likeness (QED) is 0.766. The van der Waals surface area contributed by atoms with E-state index in [1.165, 1.54) is 12.8 Å². The third-order valence-corrected chi connectivity index (χ3v) is 3.43. The van der Waals surface area contributed by atoms with E-state index in [0.717, 1.165) is 38.8 Å². The Morgan fingerprint density at radius 2 is 2.18 bits per heavy atom. The molecular weight excluding hydrogens is 214 g/mol. The molecule has 1 aliphatic rings. The molecule has 1 aromatic heterocycles. The van der Waals surface area contributed by atoms with Crippen molar-refractivity contribution < 1.29 is 4.79 Å². The lowest BCUT2D eigenvalue weighted by Gasteiger charge is -2.10. The van der Waals surface area contributed by atoms with E-state index in [-0.39, 0.29) is 5.91 Å². The molecule has 2 rings (SSSR count). The lowest BCUT2D eigenvalue weighted by Crippen LogP contribution is -2.30. The Hall–Kier alpha value is -1.32. The third-order valence-electron chi connectivity index (χ3n) is 3.43. The number of hydrogen-bond acceptors (Lipinski definition) is 2. The molecular formula is C13H21N3O. The summed E-state index contributed by atoms with van der Waals surface area (Å²) in [7, 11) is 0. The number of rotatable bonds is 6. The molecule has 1 aliphatic carbocycles. The van der Waals surface area contributed by atoms with Crippen LogP contribution in [0.1, 0.15) is 38.5 Å². The fourth-order valence-electron chi connectivity index (χ4n) is 2.38. The predicted molar refractivity (Wildman–Crippen MR) is 66.4 cm³/mol. The second kappa shape index (κ2) is 6.42. The summed E-state index contributed by atoms with van der Waals surface area (Å²) in [4.78, 5) is 15.7. The van der Waals surface area contributed by atoms with Crippen LogP contribution in [0.25, 0.3) is 0 Å². The summed E-state index contributed by atoms with van der Waals surface area (Å²) >= 11 is 0. The van der Waals surface area contributed by atoms with Crippen LogP contribution in [-0.2, 0) is 11.3 Å². The highest BCUT2D eigenvalue weighted by atomic mass is 16.1. The summed E-state index contributed by atoms with van der Waals surface area (Å²) in [5.41, 5.74) is 0. The second-order valence-electron chi connectivity index (χ2n) is 4.78. The second-order valence-corrected chi connectivity index (χ2v) is 4.78. The molecule has 4 nitrogen and oxygen atoms in total. The number of aryl methyl sites for hydroxylation is 1. The van der Waals surface area contributed by atoms with Crippen LogP contribution in [0.15, 0.2) is 18.7 Å². The minimum atomic E-state index is 0.269. The molecule has 1 saturated carbocycles. The average molecular weight is 235 g/mol. The van der Waals surface area contributed by atoms with Crippen molar-refractivity contribution in [1.82, 2.24) is 14.9 Å². The lowest BCUT2D eigenvalue weighted by molar-refractivity contribution is -0.124. The molecule has 0 aliphatic heterocycles. The zero-order valence-electron chi connectivity index (χ0n) is 10.3. The molecule has 17 heavy (non-hydrogen) atoms. The zero-order valence-corrected chi connectivity index (χ0v) is 10.3. The summed E-state index contributed by atoms with van der Waals surface area (Å²) in [5.74, 6) is 0.564. The third kappa shape index (κ3) is 3.88. The van der Waals surface area contributed by atoms with Gasteiger partial charge in [-0.3, -0.25) is 4.79 Å². The van der Waals surface area contributed by atoms with Crippen LogP contribution in [0.5, 0.6) is 0 Å². The zero-order chi connectivity index (χ0) is 11.9. The number of hydrogen-bond donors (Lipinski definition) is 1. The molecule has 1 heterocycles. The topological polar surface area (TPSA) is 46.9 Å². The fourth-order valence-corrected chi connectivity index (χ4v) is 2.38. The smallest absolute Gasteiger partial charge is 0.223 e. The van der Waals surface area contributed by atoms with Crippen molar-refractivity contribution in [3.63, 3.8) is 0 Å². The lowest BCUT2D eigenvalue weighted by atomic mass is 10.1. The van der Waals surface area contributed by atoms with Gasteiger partial charge < -0.3 is 9.88 Å². The Bertz CT molecular complexity index is 328. The van der Waals surface area contributed by atoms with Crippen LogP contribution in [0.2, 0.25) is 0 Å². The Morgan fingerprint density at radius 3 is 2.88 bits per heavy atom. The summed E-state index contributed by atoms with van der Waals surface area (Å²) in [6, 6.07) is 0. The average Bonchev–Trinajstić information content (AvgIpc) is 3.01. The molecule has 0 bridgehead atoms. The largest absolute Gasteiger partial charge is 0.356 e. The van der Waals surface area contributed by atoms with Gasteiger partial charge >= 0.3 is 0 Å². The van der Waals surface area contributed by atoms with Gasteiger partial charge in [0.15, 0.2) is 0 Å². The van der Waals surface area contributed by atoms with Crippen LogP contribution in [0.4, 0.5) is 0 Å². The van der Waals surface area contributed by atoms with Gasteiger partial charge in [-0.25, -0.2) is 4.98 Å². The fraction of sp³-hybridized carbons (Fsp3) is 0.692. The van der Waals surface area contributed by atoms with Gasteiger partial charge in [0.2, 0.25) is 5.91 Å². The molecule has 1 amide bonds. The van der Waals surface area contributed by atoms with E-state index >= 15 is 0 Å². The summed E-state index contributed by atoms with van der Waals surface area (Å²) in [6.45, 7) is 1.79. The van der Waals surface area contributed by atoms with Crippen LogP contribution in [0, 0.1) is 5.92 Å². The van der Waals surface area contributed by atoms with Gasteiger partial charge in [-0.05, 0) is 25.7 Å². The summed E-state index contributed by atoms with van der Waals surface area (Å²) in [6.07, 6.45) is 12.3. The molecule has 1 aromatic rings. The van der Waals surface area contributed by atoms with E-state index in [1.54, 1.807) is 6.20 Å². The monoisotopic (exact) mass is 235 g/mol. The van der Waals surface area contributed by atoms with Crippen molar-refractivity contribution in [3.05, 3.63) is 18.7 Å². The first-order valence-corrected chi connectivity index (χ1v) is 6.60. The maximum atomic E-state index is 11.7. The first-order valence-electron chi connectivity index (χ1n) is 6.60.